The fourth-order valence-corrected chi connectivity index (χ4v) is 2.38. The van der Waals surface area contributed by atoms with Crippen LogP contribution in [-0.2, 0) is 6.54 Å². The molecule has 0 aliphatic heterocycles. The van der Waals surface area contributed by atoms with Crippen molar-refractivity contribution in [2.75, 3.05) is 0 Å². The average Bonchev–Trinajstić information content (AvgIpc) is 2.51. The molecule has 1 heterocycles. The molecule has 1 aromatic carbocycles. The van der Waals surface area contributed by atoms with Gasteiger partial charge in [0.1, 0.15) is 0 Å². The number of rotatable bonds is 3. The lowest BCUT2D eigenvalue weighted by atomic mass is 10.1. The van der Waals surface area contributed by atoms with Gasteiger partial charge in [-0.1, -0.05) is 29.8 Å². The molecular formula is C12H15BrN2S. The zero-order valence-electron chi connectivity index (χ0n) is 9.46. The SMILES string of the molecule is CC(C)CCn1c(=S)[nH]c2ccc(Br)cc21. The maximum Gasteiger partial charge on any atom is 0.178 e. The standard InChI is InChI=1S/C12H15BrN2S/c1-8(2)5-6-15-11-7-9(13)3-4-10(11)14-12(15)16/h3-4,7-8H,5-6H2,1-2H3,(H,14,16). The van der Waals surface area contributed by atoms with Gasteiger partial charge < -0.3 is 9.55 Å². The van der Waals surface area contributed by atoms with E-state index < -0.39 is 0 Å². The van der Waals surface area contributed by atoms with Gasteiger partial charge in [0.05, 0.1) is 11.0 Å². The molecule has 0 aliphatic carbocycles. The van der Waals surface area contributed by atoms with Gasteiger partial charge in [0.25, 0.3) is 0 Å². The monoisotopic (exact) mass is 298 g/mol. The summed E-state index contributed by atoms with van der Waals surface area (Å²) in [6.07, 6.45) is 1.15. The van der Waals surface area contributed by atoms with E-state index in [1.54, 1.807) is 0 Å². The summed E-state index contributed by atoms with van der Waals surface area (Å²) in [4.78, 5) is 3.23. The highest BCUT2D eigenvalue weighted by molar-refractivity contribution is 9.10. The molecule has 86 valence electrons. The highest BCUT2D eigenvalue weighted by atomic mass is 79.9. The Labute approximate surface area is 109 Å². The summed E-state index contributed by atoms with van der Waals surface area (Å²) in [7, 11) is 0. The topological polar surface area (TPSA) is 20.7 Å². The number of fused-ring (bicyclic) bond motifs is 1. The van der Waals surface area contributed by atoms with Crippen LogP contribution in [-0.4, -0.2) is 9.55 Å². The molecule has 2 rings (SSSR count). The summed E-state index contributed by atoms with van der Waals surface area (Å²) in [5.74, 6) is 0.694. The average molecular weight is 299 g/mol. The highest BCUT2D eigenvalue weighted by Crippen LogP contribution is 2.20. The number of benzene rings is 1. The van der Waals surface area contributed by atoms with E-state index in [1.807, 2.05) is 6.07 Å². The lowest BCUT2D eigenvalue weighted by molar-refractivity contribution is 0.520. The van der Waals surface area contributed by atoms with Crippen LogP contribution in [0.2, 0.25) is 0 Å². The van der Waals surface area contributed by atoms with Gasteiger partial charge >= 0.3 is 0 Å². The van der Waals surface area contributed by atoms with Crippen molar-refractivity contribution in [3.63, 3.8) is 0 Å². The molecule has 0 bridgehead atoms. The van der Waals surface area contributed by atoms with E-state index in [1.165, 1.54) is 5.52 Å². The molecule has 0 radical (unpaired) electrons. The Kier molecular flexibility index (Phi) is 3.50. The van der Waals surface area contributed by atoms with Crippen LogP contribution in [0.1, 0.15) is 20.3 Å². The molecule has 0 atom stereocenters. The summed E-state index contributed by atoms with van der Waals surface area (Å²) in [6, 6.07) is 6.20. The number of aromatic amines is 1. The molecule has 0 saturated heterocycles. The minimum atomic E-state index is 0.694. The molecule has 0 saturated carbocycles. The van der Waals surface area contributed by atoms with Gasteiger partial charge in [-0.05, 0) is 42.8 Å². The summed E-state index contributed by atoms with van der Waals surface area (Å²) in [5.41, 5.74) is 2.29. The van der Waals surface area contributed by atoms with Crippen molar-refractivity contribution in [3.8, 4) is 0 Å². The molecule has 0 unspecified atom stereocenters. The Balaban J connectivity index is 2.46. The molecule has 2 nitrogen and oxygen atoms in total. The second-order valence-electron chi connectivity index (χ2n) is 4.43. The van der Waals surface area contributed by atoms with Gasteiger partial charge in [-0.3, -0.25) is 0 Å². The highest BCUT2D eigenvalue weighted by Gasteiger charge is 2.05. The Morgan fingerprint density at radius 2 is 2.19 bits per heavy atom. The van der Waals surface area contributed by atoms with Crippen LogP contribution in [0.4, 0.5) is 0 Å². The van der Waals surface area contributed by atoms with Crippen molar-refractivity contribution in [1.82, 2.24) is 9.55 Å². The quantitative estimate of drug-likeness (QED) is 0.827. The second kappa shape index (κ2) is 4.72. The number of hydrogen-bond acceptors (Lipinski definition) is 1. The third kappa shape index (κ3) is 2.38. The van der Waals surface area contributed by atoms with Crippen molar-refractivity contribution in [2.45, 2.75) is 26.8 Å². The summed E-state index contributed by atoms with van der Waals surface area (Å²) >= 11 is 8.83. The lowest BCUT2D eigenvalue weighted by Gasteiger charge is -2.07. The number of nitrogens with zero attached hydrogens (tertiary/aromatic N) is 1. The Hall–Kier alpha value is -0.610. The Morgan fingerprint density at radius 3 is 2.88 bits per heavy atom. The van der Waals surface area contributed by atoms with Crippen LogP contribution in [0.3, 0.4) is 0 Å². The molecule has 0 aliphatic rings. The van der Waals surface area contributed by atoms with Gasteiger partial charge in [-0.2, -0.15) is 0 Å². The van der Waals surface area contributed by atoms with Crippen LogP contribution in [0, 0.1) is 10.7 Å². The Morgan fingerprint density at radius 1 is 1.44 bits per heavy atom. The van der Waals surface area contributed by atoms with Crippen LogP contribution in [0.25, 0.3) is 11.0 Å². The van der Waals surface area contributed by atoms with E-state index in [0.717, 1.165) is 27.7 Å². The maximum atomic E-state index is 5.34. The van der Waals surface area contributed by atoms with E-state index in [2.05, 4.69) is 51.5 Å². The predicted octanol–water partition coefficient (Wildman–Crippen LogP) is 4.51. The number of H-pyrrole nitrogens is 1. The molecule has 1 N–H and O–H groups in total. The number of hydrogen-bond donors (Lipinski definition) is 1. The van der Waals surface area contributed by atoms with Gasteiger partial charge in [0, 0.05) is 11.0 Å². The van der Waals surface area contributed by atoms with Crippen LogP contribution >= 0.6 is 28.1 Å². The number of imidazole rings is 1. The first-order valence-electron chi connectivity index (χ1n) is 5.46. The van der Waals surface area contributed by atoms with Crippen molar-refractivity contribution >= 4 is 39.2 Å². The molecule has 0 spiro atoms. The van der Waals surface area contributed by atoms with E-state index in [4.69, 9.17) is 12.2 Å². The molecule has 2 aromatic rings. The summed E-state index contributed by atoms with van der Waals surface area (Å²) < 4.78 is 4.08. The largest absolute Gasteiger partial charge is 0.331 e. The molecule has 16 heavy (non-hydrogen) atoms. The number of aryl methyl sites for hydroxylation is 1. The first kappa shape index (κ1) is 11.9. The first-order valence-corrected chi connectivity index (χ1v) is 6.66. The second-order valence-corrected chi connectivity index (χ2v) is 5.73. The van der Waals surface area contributed by atoms with E-state index in [0.29, 0.717) is 5.92 Å². The van der Waals surface area contributed by atoms with Gasteiger partial charge in [0.2, 0.25) is 0 Å². The van der Waals surface area contributed by atoms with E-state index in [-0.39, 0.29) is 0 Å². The van der Waals surface area contributed by atoms with Gasteiger partial charge in [0.15, 0.2) is 4.77 Å². The minimum absolute atomic E-state index is 0.694. The normalized spacial score (nSPS) is 11.5. The molecule has 0 amide bonds. The van der Waals surface area contributed by atoms with Crippen molar-refractivity contribution in [1.29, 1.82) is 0 Å². The van der Waals surface area contributed by atoms with Crippen LogP contribution in [0.5, 0.6) is 0 Å². The maximum absolute atomic E-state index is 5.34. The molecule has 0 fully saturated rings. The fourth-order valence-electron chi connectivity index (χ4n) is 1.74. The number of nitrogens with one attached hydrogen (secondary N) is 1. The zero-order valence-corrected chi connectivity index (χ0v) is 11.9. The van der Waals surface area contributed by atoms with Crippen LogP contribution < -0.4 is 0 Å². The Bertz CT molecular complexity index is 554. The number of halogens is 1. The zero-order chi connectivity index (χ0) is 11.7. The van der Waals surface area contributed by atoms with E-state index in [9.17, 15) is 0 Å². The first-order chi connectivity index (χ1) is 7.58. The third-order valence-corrected chi connectivity index (χ3v) is 3.48. The molecule has 4 heteroatoms. The van der Waals surface area contributed by atoms with E-state index >= 15 is 0 Å². The number of aromatic nitrogens is 2. The predicted molar refractivity (Wildman–Crippen MR) is 74.3 cm³/mol. The lowest BCUT2D eigenvalue weighted by Crippen LogP contribution is -2.01. The van der Waals surface area contributed by atoms with Crippen LogP contribution in [0.15, 0.2) is 22.7 Å². The molecule has 1 aromatic heterocycles. The summed E-state index contributed by atoms with van der Waals surface area (Å²) in [6.45, 7) is 5.44. The van der Waals surface area contributed by atoms with Crippen molar-refractivity contribution in [2.24, 2.45) is 5.92 Å². The third-order valence-electron chi connectivity index (χ3n) is 2.67. The van der Waals surface area contributed by atoms with Gasteiger partial charge in [-0.25, -0.2) is 0 Å². The van der Waals surface area contributed by atoms with Crippen molar-refractivity contribution in [3.05, 3.63) is 27.4 Å². The van der Waals surface area contributed by atoms with Crippen molar-refractivity contribution < 1.29 is 0 Å². The fraction of sp³-hybridized carbons (Fsp3) is 0.417. The van der Waals surface area contributed by atoms with Gasteiger partial charge in [-0.15, -0.1) is 0 Å². The summed E-state index contributed by atoms with van der Waals surface area (Å²) in [5, 5.41) is 0. The smallest absolute Gasteiger partial charge is 0.178 e. The molecular weight excluding hydrogens is 284 g/mol. The minimum Gasteiger partial charge on any atom is -0.331 e.